The second kappa shape index (κ2) is 7.19. The molecule has 0 fully saturated rings. The van der Waals surface area contributed by atoms with E-state index in [-0.39, 0.29) is 39.7 Å². The molecule has 0 aliphatic rings. The molecule has 0 unspecified atom stereocenters. The van der Waals surface area contributed by atoms with E-state index in [4.69, 9.17) is 21.9 Å². The quantitative estimate of drug-likeness (QED) is 0.300. The summed E-state index contributed by atoms with van der Waals surface area (Å²) in [5, 5.41) is 3.27. The Bertz CT molecular complexity index is 1270. The lowest BCUT2D eigenvalue weighted by Crippen LogP contribution is -2.10. The minimum Gasteiger partial charge on any atom is -0.398 e. The standard InChI is InChI=1S/C19H11ClF6N4O/c20-11-7-30(13-5-4-12(27)16(15(11)13)19(24,25)26)8-14-28-17(31-29-14)9-2-1-3-10(6-9)18(21,22)23/h1-7H,8,27H2. The lowest BCUT2D eigenvalue weighted by molar-refractivity contribution is -0.137. The van der Waals surface area contributed by atoms with Gasteiger partial charge >= 0.3 is 12.4 Å². The van der Waals surface area contributed by atoms with Crippen molar-refractivity contribution in [3.63, 3.8) is 0 Å². The maximum atomic E-state index is 13.4. The summed E-state index contributed by atoms with van der Waals surface area (Å²) in [6.07, 6.45) is -8.00. The highest BCUT2D eigenvalue weighted by Crippen LogP contribution is 2.42. The molecule has 0 spiro atoms. The largest absolute Gasteiger partial charge is 0.419 e. The number of anilines is 1. The molecule has 2 heterocycles. The zero-order valence-electron chi connectivity index (χ0n) is 15.2. The van der Waals surface area contributed by atoms with Gasteiger partial charge < -0.3 is 14.8 Å². The monoisotopic (exact) mass is 460 g/mol. The van der Waals surface area contributed by atoms with Crippen molar-refractivity contribution in [2.75, 3.05) is 5.73 Å². The van der Waals surface area contributed by atoms with E-state index in [1.54, 1.807) is 0 Å². The average Bonchev–Trinajstić information content (AvgIpc) is 3.25. The lowest BCUT2D eigenvalue weighted by atomic mass is 10.1. The highest BCUT2D eigenvalue weighted by molar-refractivity contribution is 6.36. The van der Waals surface area contributed by atoms with Crippen LogP contribution in [0.15, 0.2) is 47.1 Å². The maximum absolute atomic E-state index is 13.4. The molecule has 0 saturated carbocycles. The molecule has 12 heteroatoms. The van der Waals surface area contributed by atoms with Gasteiger partial charge in [-0.15, -0.1) is 0 Å². The van der Waals surface area contributed by atoms with Crippen LogP contribution in [0.4, 0.5) is 32.0 Å². The second-order valence-electron chi connectivity index (χ2n) is 6.62. The Balaban J connectivity index is 1.70. The Morgan fingerprint density at radius 2 is 1.77 bits per heavy atom. The third kappa shape index (κ3) is 3.92. The van der Waals surface area contributed by atoms with Gasteiger partial charge in [-0.1, -0.05) is 22.8 Å². The van der Waals surface area contributed by atoms with E-state index < -0.39 is 29.2 Å². The fraction of sp³-hybridized carbons (Fsp3) is 0.158. The summed E-state index contributed by atoms with van der Waals surface area (Å²) in [6, 6.07) is 6.81. The fourth-order valence-corrected chi connectivity index (χ4v) is 3.52. The van der Waals surface area contributed by atoms with Crippen LogP contribution in [0.2, 0.25) is 5.02 Å². The third-order valence-electron chi connectivity index (χ3n) is 4.53. The molecule has 2 aromatic carbocycles. The van der Waals surface area contributed by atoms with Crippen molar-refractivity contribution in [2.24, 2.45) is 0 Å². The van der Waals surface area contributed by atoms with E-state index in [9.17, 15) is 26.3 Å². The third-order valence-corrected chi connectivity index (χ3v) is 4.82. The van der Waals surface area contributed by atoms with Crippen molar-refractivity contribution in [3.8, 4) is 11.5 Å². The molecule has 0 radical (unpaired) electrons. The summed E-state index contributed by atoms with van der Waals surface area (Å²) in [5.74, 6) is -0.129. The van der Waals surface area contributed by atoms with Crippen LogP contribution in [-0.4, -0.2) is 14.7 Å². The van der Waals surface area contributed by atoms with Crippen LogP contribution in [-0.2, 0) is 18.9 Å². The first-order valence-corrected chi connectivity index (χ1v) is 8.97. The number of alkyl halides is 6. The number of halogens is 7. The Morgan fingerprint density at radius 1 is 1.03 bits per heavy atom. The molecule has 4 rings (SSSR count). The summed E-state index contributed by atoms with van der Waals surface area (Å²) in [5.41, 5.74) is 3.29. The van der Waals surface area contributed by atoms with Crippen LogP contribution < -0.4 is 5.73 Å². The Hall–Kier alpha value is -3.21. The van der Waals surface area contributed by atoms with Gasteiger partial charge in [0.25, 0.3) is 5.89 Å². The molecule has 0 aliphatic heterocycles. The van der Waals surface area contributed by atoms with Crippen molar-refractivity contribution < 1.29 is 30.9 Å². The summed E-state index contributed by atoms with van der Waals surface area (Å²) in [7, 11) is 0. The highest BCUT2D eigenvalue weighted by atomic mass is 35.5. The SMILES string of the molecule is Nc1ccc2c(c(Cl)cn2Cc2noc(-c3cccc(C(F)(F)F)c3)n2)c1C(F)(F)F. The van der Waals surface area contributed by atoms with Gasteiger partial charge in [-0.05, 0) is 30.3 Å². The van der Waals surface area contributed by atoms with E-state index >= 15 is 0 Å². The van der Waals surface area contributed by atoms with Crippen LogP contribution >= 0.6 is 11.6 Å². The van der Waals surface area contributed by atoms with Crippen molar-refractivity contribution in [1.82, 2.24) is 14.7 Å². The van der Waals surface area contributed by atoms with Gasteiger partial charge in [0.1, 0.15) is 0 Å². The van der Waals surface area contributed by atoms with E-state index in [2.05, 4.69) is 10.1 Å². The smallest absolute Gasteiger partial charge is 0.398 e. The van der Waals surface area contributed by atoms with Gasteiger partial charge in [0.15, 0.2) is 5.82 Å². The minimum absolute atomic E-state index is 0.0337. The van der Waals surface area contributed by atoms with Crippen LogP contribution in [0, 0.1) is 0 Å². The number of aromatic nitrogens is 3. The summed E-state index contributed by atoms with van der Waals surface area (Å²) in [6.45, 7) is -0.132. The number of benzene rings is 2. The van der Waals surface area contributed by atoms with Crippen molar-refractivity contribution in [3.05, 3.63) is 64.6 Å². The first-order valence-electron chi connectivity index (χ1n) is 8.59. The molecule has 162 valence electrons. The van der Waals surface area contributed by atoms with E-state index in [1.807, 2.05) is 0 Å². The molecule has 0 aliphatic carbocycles. The van der Waals surface area contributed by atoms with Crippen LogP contribution in [0.5, 0.6) is 0 Å². The van der Waals surface area contributed by atoms with Crippen molar-refractivity contribution >= 4 is 28.2 Å². The zero-order valence-corrected chi connectivity index (χ0v) is 16.0. The first-order chi connectivity index (χ1) is 14.4. The Morgan fingerprint density at radius 3 is 2.45 bits per heavy atom. The molecular weight excluding hydrogens is 450 g/mol. The zero-order chi connectivity index (χ0) is 22.6. The Kier molecular flexibility index (Phi) is 4.88. The predicted octanol–water partition coefficient (Wildman–Crippen LogP) is 6.01. The first kappa shape index (κ1) is 21.0. The summed E-state index contributed by atoms with van der Waals surface area (Å²) in [4.78, 5) is 4.05. The number of hydrogen-bond acceptors (Lipinski definition) is 4. The summed E-state index contributed by atoms with van der Waals surface area (Å²) < 4.78 is 85.4. The molecule has 0 amide bonds. The van der Waals surface area contributed by atoms with Gasteiger partial charge in [0.2, 0.25) is 0 Å². The molecule has 0 saturated heterocycles. The summed E-state index contributed by atoms with van der Waals surface area (Å²) >= 11 is 6.04. The molecule has 0 atom stereocenters. The highest BCUT2D eigenvalue weighted by Gasteiger charge is 2.36. The maximum Gasteiger partial charge on any atom is 0.419 e. The van der Waals surface area contributed by atoms with Crippen molar-refractivity contribution in [1.29, 1.82) is 0 Å². The molecule has 31 heavy (non-hydrogen) atoms. The predicted molar refractivity (Wildman–Crippen MR) is 100 cm³/mol. The molecule has 0 bridgehead atoms. The van der Waals surface area contributed by atoms with Gasteiger partial charge in [-0.25, -0.2) is 0 Å². The van der Waals surface area contributed by atoms with Gasteiger partial charge in [0, 0.05) is 22.8 Å². The number of rotatable bonds is 3. The lowest BCUT2D eigenvalue weighted by Gasteiger charge is -2.12. The van der Waals surface area contributed by atoms with E-state index in [1.165, 1.54) is 29.0 Å². The molecule has 4 aromatic rings. The topological polar surface area (TPSA) is 69.9 Å². The minimum atomic E-state index is -4.72. The fourth-order valence-electron chi connectivity index (χ4n) is 3.21. The van der Waals surface area contributed by atoms with Gasteiger partial charge in [-0.2, -0.15) is 31.3 Å². The number of nitrogens with zero attached hydrogens (tertiary/aromatic N) is 3. The molecule has 2 aromatic heterocycles. The number of hydrogen-bond donors (Lipinski definition) is 1. The Labute approximate surface area is 175 Å². The van der Waals surface area contributed by atoms with E-state index in [0.29, 0.717) is 0 Å². The average molecular weight is 461 g/mol. The van der Waals surface area contributed by atoms with Gasteiger partial charge in [-0.3, -0.25) is 0 Å². The molecular formula is C19H11ClF6N4O. The normalized spacial score (nSPS) is 12.6. The van der Waals surface area contributed by atoms with Crippen LogP contribution in [0.1, 0.15) is 17.0 Å². The van der Waals surface area contributed by atoms with Gasteiger partial charge in [0.05, 0.1) is 28.2 Å². The van der Waals surface area contributed by atoms with E-state index in [0.717, 1.165) is 18.2 Å². The second-order valence-corrected chi connectivity index (χ2v) is 7.03. The van der Waals surface area contributed by atoms with Crippen LogP contribution in [0.3, 0.4) is 0 Å². The number of fused-ring (bicyclic) bond motifs is 1. The van der Waals surface area contributed by atoms with Crippen LogP contribution in [0.25, 0.3) is 22.4 Å². The number of nitrogens with two attached hydrogens (primary N) is 1. The molecule has 5 nitrogen and oxygen atoms in total. The number of nitrogen functional groups attached to an aromatic ring is 1. The molecule has 2 N–H and O–H groups in total. The van der Waals surface area contributed by atoms with Crippen molar-refractivity contribution in [2.45, 2.75) is 18.9 Å².